The summed E-state index contributed by atoms with van der Waals surface area (Å²) in [7, 11) is -3.53. The highest BCUT2D eigenvalue weighted by atomic mass is 127. The van der Waals surface area contributed by atoms with Crippen LogP contribution in [-0.2, 0) is 24.2 Å². The zero-order valence-electron chi connectivity index (χ0n) is 23.6. The van der Waals surface area contributed by atoms with Crippen molar-refractivity contribution >= 4 is 10.0 Å². The topological polar surface area (TPSA) is 73.9 Å². The molecule has 0 aliphatic heterocycles. The Morgan fingerprint density at radius 2 is 0.826 bits per heavy atom. The minimum absolute atomic E-state index is 0. The Morgan fingerprint density at radius 1 is 0.522 bits per heavy atom. The molecule has 0 aromatic carbocycles. The Balaban J connectivity index is 0. The molecule has 1 N–H and O–H groups in total. The Kier molecular flexibility index (Phi) is 16.4. The van der Waals surface area contributed by atoms with Crippen LogP contribution in [0.15, 0.2) is 0 Å². The molecule has 0 aliphatic carbocycles. The van der Waals surface area contributed by atoms with Crippen LogP contribution in [-0.4, -0.2) is 134 Å². The number of quaternary nitrogens is 1. The molecule has 7 nitrogen and oxygen atoms in total. The first-order valence-corrected chi connectivity index (χ1v) is 13.4. The number of rotatable bonds is 21. The van der Waals surface area contributed by atoms with E-state index in [0.717, 1.165) is 0 Å². The molecular formula is C20H28F17IN2O5S. The summed E-state index contributed by atoms with van der Waals surface area (Å²) in [6, 6.07) is 0. The van der Waals surface area contributed by atoms with Gasteiger partial charge in [-0.25, -0.2) is 13.1 Å². The molecule has 0 saturated carbocycles. The van der Waals surface area contributed by atoms with Crippen molar-refractivity contribution in [2.24, 2.45) is 0 Å². The second kappa shape index (κ2) is 15.9. The number of alkyl halides is 17. The molecular weight excluding hydrogens is 830 g/mol. The molecule has 0 unspecified atom stereocenters. The van der Waals surface area contributed by atoms with Gasteiger partial charge >= 0.3 is 47.0 Å². The minimum Gasteiger partial charge on any atom is -1.00 e. The third-order valence-corrected chi connectivity index (χ3v) is 7.96. The molecule has 0 aliphatic rings. The van der Waals surface area contributed by atoms with Crippen LogP contribution in [0.4, 0.5) is 74.6 Å². The number of nitrogens with one attached hydrogen (secondary N) is 1. The van der Waals surface area contributed by atoms with Crippen molar-refractivity contribution in [3.05, 3.63) is 0 Å². The van der Waals surface area contributed by atoms with Crippen LogP contribution in [0.5, 0.6) is 0 Å². The highest BCUT2D eigenvalue weighted by Crippen LogP contribution is 2.64. The van der Waals surface area contributed by atoms with Crippen LogP contribution in [0.3, 0.4) is 0 Å². The summed E-state index contributed by atoms with van der Waals surface area (Å²) in [5, 5.41) is -7.60. The van der Waals surface area contributed by atoms with Gasteiger partial charge in [0.25, 0.3) is 10.0 Å². The second-order valence-electron chi connectivity index (χ2n) is 9.43. The van der Waals surface area contributed by atoms with E-state index in [1.54, 1.807) is 0 Å². The van der Waals surface area contributed by atoms with Crippen LogP contribution in [0.25, 0.3) is 0 Å². The molecule has 0 rings (SSSR count). The number of nitrogens with zero attached hydrogens (tertiary/aromatic N) is 1. The number of sulfonamides is 1. The molecule has 0 fully saturated rings. The highest BCUT2D eigenvalue weighted by molar-refractivity contribution is 7.90. The lowest BCUT2D eigenvalue weighted by atomic mass is 9.91. The van der Waals surface area contributed by atoms with Crippen molar-refractivity contribution in [3.8, 4) is 0 Å². The summed E-state index contributed by atoms with van der Waals surface area (Å²) in [6.45, 7) is -1.12. The molecule has 0 atom stereocenters. The second-order valence-corrected chi connectivity index (χ2v) is 11.2. The zero-order chi connectivity index (χ0) is 36.2. The van der Waals surface area contributed by atoms with Gasteiger partial charge in [0.1, 0.15) is 19.6 Å². The van der Waals surface area contributed by atoms with Crippen LogP contribution in [0, 0.1) is 0 Å². The van der Waals surface area contributed by atoms with Crippen molar-refractivity contribution in [1.29, 1.82) is 0 Å². The van der Waals surface area contributed by atoms with E-state index in [4.69, 9.17) is 14.2 Å². The SMILES string of the molecule is COCC[N+](CCCNS(=O)(=O)C(F)(F)C(F)(F)C(F)(F)C(F)(F)C(F)(F)C(F)(F)C(F)(F)C(F)(F)F)(CCOC)CCOC.[I-]. The average Bonchev–Trinajstić information content (AvgIpc) is 2.90. The maximum Gasteiger partial charge on any atom is 0.460 e. The quantitative estimate of drug-likeness (QED) is 0.0830. The maximum absolute atomic E-state index is 14.2. The Hall–Kier alpha value is -0.710. The van der Waals surface area contributed by atoms with E-state index in [2.05, 4.69) is 0 Å². The van der Waals surface area contributed by atoms with Gasteiger partial charge in [0, 0.05) is 34.3 Å². The molecule has 0 heterocycles. The largest absolute Gasteiger partial charge is 1.00 e. The van der Waals surface area contributed by atoms with E-state index in [0.29, 0.717) is 4.72 Å². The Bertz CT molecular complexity index is 1040. The summed E-state index contributed by atoms with van der Waals surface area (Å²) >= 11 is 0. The molecule has 0 aromatic heterocycles. The summed E-state index contributed by atoms with van der Waals surface area (Å²) in [5.74, 6) is -51.8. The third kappa shape index (κ3) is 8.53. The summed E-state index contributed by atoms with van der Waals surface area (Å²) < 4.78 is 267. The van der Waals surface area contributed by atoms with Gasteiger partial charge in [-0.15, -0.1) is 0 Å². The van der Waals surface area contributed by atoms with E-state index in [1.165, 1.54) is 21.3 Å². The summed E-state index contributed by atoms with van der Waals surface area (Å²) in [6.07, 6.45) is -8.50. The smallest absolute Gasteiger partial charge is 0.460 e. The van der Waals surface area contributed by atoms with E-state index in [9.17, 15) is 83.1 Å². The van der Waals surface area contributed by atoms with E-state index in [-0.39, 0.29) is 74.5 Å². The van der Waals surface area contributed by atoms with Gasteiger partial charge in [0.15, 0.2) is 0 Å². The summed E-state index contributed by atoms with van der Waals surface area (Å²) in [4.78, 5) is 0. The standard InChI is InChI=1S/C20H28F17N2O5S.HI/c1-42-10-7-39(8-11-43-2,9-12-44-3)6-4-5-38-45(40,41)20(36,37)18(31,32)16(27,28)14(23,24)13(21,22)15(25,26)17(29,30)19(33,34)35;/h38H,4-12H2,1-3H3;1H/q+1;/p-1. The van der Waals surface area contributed by atoms with Gasteiger partial charge in [-0.05, 0) is 0 Å². The van der Waals surface area contributed by atoms with Gasteiger partial charge in [-0.2, -0.15) is 74.6 Å². The predicted octanol–water partition coefficient (Wildman–Crippen LogP) is 2.02. The van der Waals surface area contributed by atoms with E-state index >= 15 is 0 Å². The molecule has 26 heteroatoms. The van der Waals surface area contributed by atoms with Crippen LogP contribution < -0.4 is 28.7 Å². The van der Waals surface area contributed by atoms with Gasteiger partial charge in [0.05, 0.1) is 26.4 Å². The highest BCUT2D eigenvalue weighted by Gasteiger charge is 2.96. The normalized spacial score (nSPS) is 15.2. The van der Waals surface area contributed by atoms with Crippen LogP contribution >= 0.6 is 0 Å². The van der Waals surface area contributed by atoms with Crippen molar-refractivity contribution in [3.63, 3.8) is 0 Å². The number of methoxy groups -OCH3 is 3. The fourth-order valence-corrected chi connectivity index (χ4v) is 4.62. The Morgan fingerprint density at radius 3 is 1.13 bits per heavy atom. The first kappa shape index (κ1) is 47.4. The molecule has 46 heavy (non-hydrogen) atoms. The molecule has 0 saturated heterocycles. The molecule has 0 radical (unpaired) electrons. The van der Waals surface area contributed by atoms with Crippen molar-refractivity contribution in [1.82, 2.24) is 4.72 Å². The fourth-order valence-electron chi connectivity index (χ4n) is 3.56. The minimum atomic E-state index is -8.87. The lowest BCUT2D eigenvalue weighted by Gasteiger charge is -2.42. The predicted molar refractivity (Wildman–Crippen MR) is 118 cm³/mol. The van der Waals surface area contributed by atoms with Crippen molar-refractivity contribution in [2.75, 3.05) is 73.9 Å². The molecule has 0 amide bonds. The average molecular weight is 858 g/mol. The Labute approximate surface area is 267 Å². The van der Waals surface area contributed by atoms with Crippen LogP contribution in [0.2, 0.25) is 0 Å². The molecule has 280 valence electrons. The number of hydrogen-bond donors (Lipinski definition) is 1. The number of ether oxygens (including phenoxy) is 3. The fraction of sp³-hybridized carbons (Fsp3) is 1.00. The molecule has 0 spiro atoms. The van der Waals surface area contributed by atoms with Gasteiger partial charge < -0.3 is 42.7 Å². The van der Waals surface area contributed by atoms with Crippen LogP contribution in [0.1, 0.15) is 6.42 Å². The van der Waals surface area contributed by atoms with Gasteiger partial charge in [-0.3, -0.25) is 0 Å². The first-order chi connectivity index (χ1) is 19.9. The number of halogens is 18. The van der Waals surface area contributed by atoms with Gasteiger partial charge in [-0.1, -0.05) is 0 Å². The first-order valence-electron chi connectivity index (χ1n) is 11.9. The zero-order valence-corrected chi connectivity index (χ0v) is 26.5. The lowest BCUT2D eigenvalue weighted by molar-refractivity contribution is -0.929. The maximum atomic E-state index is 14.2. The number of hydrogen-bond acceptors (Lipinski definition) is 5. The van der Waals surface area contributed by atoms with E-state index < -0.39 is 70.0 Å². The molecule has 0 bridgehead atoms. The van der Waals surface area contributed by atoms with Gasteiger partial charge in [0.2, 0.25) is 0 Å². The van der Waals surface area contributed by atoms with Crippen molar-refractivity contribution < 1.29 is 126 Å². The van der Waals surface area contributed by atoms with Crippen molar-refractivity contribution in [2.45, 2.75) is 53.4 Å². The molecule has 0 aromatic rings. The lowest BCUT2D eigenvalue weighted by Crippen LogP contribution is -3.00. The third-order valence-electron chi connectivity index (χ3n) is 6.44. The summed E-state index contributed by atoms with van der Waals surface area (Å²) in [5.41, 5.74) is 0. The van der Waals surface area contributed by atoms with E-state index in [1.807, 2.05) is 0 Å². The monoisotopic (exact) mass is 858 g/mol.